The predicted octanol–water partition coefficient (Wildman–Crippen LogP) is 4.16. The summed E-state index contributed by atoms with van der Waals surface area (Å²) in [6.07, 6.45) is 3.19. The topological polar surface area (TPSA) is 12.0 Å². The molecule has 0 aliphatic carbocycles. The van der Waals surface area contributed by atoms with E-state index in [2.05, 4.69) is 30.4 Å². The third kappa shape index (κ3) is 2.78. The van der Waals surface area contributed by atoms with Crippen LogP contribution in [0.15, 0.2) is 42.5 Å². The third-order valence-electron chi connectivity index (χ3n) is 3.74. The molecule has 1 aliphatic rings. The largest absolute Gasteiger partial charge is 0.382 e. The molecule has 2 aromatic rings. The van der Waals surface area contributed by atoms with Gasteiger partial charge in [-0.15, -0.1) is 0 Å². The standard InChI is InChI=1S/C17H18FN/c1-12-2-6-15-11-14(5-9-17(15)19-12)10-13-3-7-16(18)8-4-13/h3-5,7-9,11-12,19H,2,6,10H2,1H3. The van der Waals surface area contributed by atoms with E-state index in [0.717, 1.165) is 18.4 Å². The zero-order chi connectivity index (χ0) is 13.2. The molecule has 0 bridgehead atoms. The summed E-state index contributed by atoms with van der Waals surface area (Å²) in [4.78, 5) is 0. The van der Waals surface area contributed by atoms with Crippen molar-refractivity contribution in [1.82, 2.24) is 0 Å². The highest BCUT2D eigenvalue weighted by atomic mass is 19.1. The lowest BCUT2D eigenvalue weighted by molar-refractivity contribution is 0.627. The second-order valence-corrected chi connectivity index (χ2v) is 5.38. The van der Waals surface area contributed by atoms with Gasteiger partial charge in [0.15, 0.2) is 0 Å². The van der Waals surface area contributed by atoms with Crippen molar-refractivity contribution in [1.29, 1.82) is 0 Å². The van der Waals surface area contributed by atoms with Crippen LogP contribution >= 0.6 is 0 Å². The first kappa shape index (κ1) is 12.2. The molecule has 1 nitrogen and oxygen atoms in total. The van der Waals surface area contributed by atoms with Crippen molar-refractivity contribution < 1.29 is 4.39 Å². The zero-order valence-electron chi connectivity index (χ0n) is 11.1. The summed E-state index contributed by atoms with van der Waals surface area (Å²) in [5.74, 6) is -0.174. The molecule has 1 unspecified atom stereocenters. The van der Waals surface area contributed by atoms with Crippen LogP contribution in [0.2, 0.25) is 0 Å². The number of nitrogens with one attached hydrogen (secondary N) is 1. The Labute approximate surface area is 113 Å². The molecule has 1 atom stereocenters. The van der Waals surface area contributed by atoms with Crippen LogP contribution in [0.3, 0.4) is 0 Å². The summed E-state index contributed by atoms with van der Waals surface area (Å²) in [7, 11) is 0. The highest BCUT2D eigenvalue weighted by Crippen LogP contribution is 2.26. The van der Waals surface area contributed by atoms with Crippen LogP contribution in [-0.2, 0) is 12.8 Å². The van der Waals surface area contributed by atoms with E-state index in [1.807, 2.05) is 12.1 Å². The van der Waals surface area contributed by atoms with Crippen molar-refractivity contribution in [2.75, 3.05) is 5.32 Å². The second-order valence-electron chi connectivity index (χ2n) is 5.38. The van der Waals surface area contributed by atoms with Gasteiger partial charge in [0.25, 0.3) is 0 Å². The van der Waals surface area contributed by atoms with Crippen LogP contribution in [0.4, 0.5) is 10.1 Å². The molecule has 98 valence electrons. The molecule has 1 heterocycles. The van der Waals surface area contributed by atoms with Crippen LogP contribution in [-0.4, -0.2) is 6.04 Å². The average molecular weight is 255 g/mol. The lowest BCUT2D eigenvalue weighted by Gasteiger charge is -2.24. The molecular weight excluding hydrogens is 237 g/mol. The fourth-order valence-corrected chi connectivity index (χ4v) is 2.65. The van der Waals surface area contributed by atoms with Gasteiger partial charge < -0.3 is 5.32 Å². The predicted molar refractivity (Wildman–Crippen MR) is 77.1 cm³/mol. The Hall–Kier alpha value is -1.83. The van der Waals surface area contributed by atoms with Crippen molar-refractivity contribution in [3.05, 3.63) is 65.0 Å². The molecule has 0 saturated heterocycles. The van der Waals surface area contributed by atoms with Crippen molar-refractivity contribution in [3.63, 3.8) is 0 Å². The molecule has 1 N–H and O–H groups in total. The van der Waals surface area contributed by atoms with Gasteiger partial charge in [0.05, 0.1) is 0 Å². The lowest BCUT2D eigenvalue weighted by Crippen LogP contribution is -2.21. The molecule has 2 heteroatoms. The second kappa shape index (κ2) is 5.04. The lowest BCUT2D eigenvalue weighted by atomic mass is 9.95. The van der Waals surface area contributed by atoms with Gasteiger partial charge in [-0.05, 0) is 61.1 Å². The third-order valence-corrected chi connectivity index (χ3v) is 3.74. The van der Waals surface area contributed by atoms with E-state index in [0.29, 0.717) is 6.04 Å². The zero-order valence-corrected chi connectivity index (χ0v) is 11.1. The average Bonchev–Trinajstić information content (AvgIpc) is 2.42. The van der Waals surface area contributed by atoms with Gasteiger partial charge in [0.2, 0.25) is 0 Å². The van der Waals surface area contributed by atoms with E-state index in [4.69, 9.17) is 0 Å². The maximum absolute atomic E-state index is 12.9. The minimum Gasteiger partial charge on any atom is -0.382 e. The quantitative estimate of drug-likeness (QED) is 0.849. The summed E-state index contributed by atoms with van der Waals surface area (Å²) in [5, 5.41) is 3.51. The Kier molecular flexibility index (Phi) is 3.24. The first-order chi connectivity index (χ1) is 9.20. The van der Waals surface area contributed by atoms with Gasteiger partial charge in [0, 0.05) is 11.7 Å². The van der Waals surface area contributed by atoms with Gasteiger partial charge >= 0.3 is 0 Å². The fraction of sp³-hybridized carbons (Fsp3) is 0.294. The summed E-state index contributed by atoms with van der Waals surface area (Å²) in [5.41, 5.74) is 5.11. The first-order valence-electron chi connectivity index (χ1n) is 6.83. The van der Waals surface area contributed by atoms with Crippen LogP contribution in [0.25, 0.3) is 0 Å². The first-order valence-corrected chi connectivity index (χ1v) is 6.83. The van der Waals surface area contributed by atoms with E-state index < -0.39 is 0 Å². The number of halogens is 1. The van der Waals surface area contributed by atoms with Crippen LogP contribution in [0.1, 0.15) is 30.0 Å². The van der Waals surface area contributed by atoms with E-state index in [1.165, 1.54) is 35.4 Å². The number of aryl methyl sites for hydroxylation is 1. The monoisotopic (exact) mass is 255 g/mol. The summed E-state index contributed by atoms with van der Waals surface area (Å²) < 4.78 is 12.9. The van der Waals surface area contributed by atoms with Crippen LogP contribution in [0.5, 0.6) is 0 Å². The molecule has 3 rings (SSSR count). The number of fused-ring (bicyclic) bond motifs is 1. The van der Waals surface area contributed by atoms with Crippen molar-refractivity contribution in [3.8, 4) is 0 Å². The molecule has 0 aromatic heterocycles. The van der Waals surface area contributed by atoms with Gasteiger partial charge in [-0.1, -0.05) is 24.3 Å². The SMILES string of the molecule is CC1CCc2cc(Cc3ccc(F)cc3)ccc2N1. The van der Waals surface area contributed by atoms with Crippen LogP contribution < -0.4 is 5.32 Å². The molecule has 0 amide bonds. The van der Waals surface area contributed by atoms with Crippen molar-refractivity contribution >= 4 is 5.69 Å². The smallest absolute Gasteiger partial charge is 0.123 e. The molecule has 0 fully saturated rings. The summed E-state index contributed by atoms with van der Waals surface area (Å²) >= 11 is 0. The minimum absolute atomic E-state index is 0.174. The number of hydrogen-bond acceptors (Lipinski definition) is 1. The maximum Gasteiger partial charge on any atom is 0.123 e. The maximum atomic E-state index is 12.9. The molecule has 1 aliphatic heterocycles. The number of hydrogen-bond donors (Lipinski definition) is 1. The van der Waals surface area contributed by atoms with Gasteiger partial charge in [-0.3, -0.25) is 0 Å². The fourth-order valence-electron chi connectivity index (χ4n) is 2.65. The highest BCUT2D eigenvalue weighted by molar-refractivity contribution is 5.55. The molecular formula is C17H18FN. The highest BCUT2D eigenvalue weighted by Gasteiger charge is 2.13. The summed E-state index contributed by atoms with van der Waals surface area (Å²) in [6, 6.07) is 13.9. The number of anilines is 1. The van der Waals surface area contributed by atoms with Crippen LogP contribution in [0, 0.1) is 5.82 Å². The van der Waals surface area contributed by atoms with Crippen molar-refractivity contribution in [2.24, 2.45) is 0 Å². The molecule has 0 saturated carbocycles. The Bertz CT molecular complexity index is 574. The van der Waals surface area contributed by atoms with Crippen molar-refractivity contribution in [2.45, 2.75) is 32.2 Å². The number of rotatable bonds is 2. The Morgan fingerprint density at radius 3 is 2.63 bits per heavy atom. The number of benzene rings is 2. The van der Waals surface area contributed by atoms with Gasteiger partial charge in [0.1, 0.15) is 5.82 Å². The molecule has 19 heavy (non-hydrogen) atoms. The molecule has 0 radical (unpaired) electrons. The normalized spacial score (nSPS) is 17.7. The Balaban J connectivity index is 1.80. The van der Waals surface area contributed by atoms with E-state index in [9.17, 15) is 4.39 Å². The molecule has 2 aromatic carbocycles. The van der Waals surface area contributed by atoms with Gasteiger partial charge in [-0.2, -0.15) is 0 Å². The Morgan fingerprint density at radius 2 is 1.84 bits per heavy atom. The minimum atomic E-state index is -0.174. The van der Waals surface area contributed by atoms with E-state index >= 15 is 0 Å². The summed E-state index contributed by atoms with van der Waals surface area (Å²) in [6.45, 7) is 2.22. The Morgan fingerprint density at radius 1 is 1.11 bits per heavy atom. The van der Waals surface area contributed by atoms with E-state index in [1.54, 1.807) is 0 Å². The molecule has 0 spiro atoms. The van der Waals surface area contributed by atoms with Gasteiger partial charge in [-0.25, -0.2) is 4.39 Å². The van der Waals surface area contributed by atoms with E-state index in [-0.39, 0.29) is 5.82 Å².